The lowest BCUT2D eigenvalue weighted by molar-refractivity contribution is 0.593. The van der Waals surface area contributed by atoms with E-state index in [0.717, 1.165) is 32.5 Å². The van der Waals surface area contributed by atoms with E-state index in [4.69, 9.17) is 0 Å². The zero-order valence-electron chi connectivity index (χ0n) is 13.4. The molecule has 0 amide bonds. The highest BCUT2D eigenvalue weighted by atomic mass is 19.1. The van der Waals surface area contributed by atoms with Gasteiger partial charge in [0.25, 0.3) is 0 Å². The van der Waals surface area contributed by atoms with Crippen molar-refractivity contribution in [1.29, 1.82) is 0 Å². The molecule has 23 heavy (non-hydrogen) atoms. The minimum Gasteiger partial charge on any atom is -0.344 e. The van der Waals surface area contributed by atoms with Gasteiger partial charge in [-0.2, -0.15) is 0 Å². The Balaban J connectivity index is 1.72. The van der Waals surface area contributed by atoms with Crippen LogP contribution in [0.25, 0.3) is 10.9 Å². The number of benzene rings is 2. The van der Waals surface area contributed by atoms with Crippen molar-refractivity contribution in [3.63, 3.8) is 0 Å². The number of hydrogen-bond donors (Lipinski definition) is 1. The summed E-state index contributed by atoms with van der Waals surface area (Å²) in [5, 5.41) is 4.87. The van der Waals surface area contributed by atoms with E-state index in [0.29, 0.717) is 0 Å². The summed E-state index contributed by atoms with van der Waals surface area (Å²) in [4.78, 5) is 0. The third kappa shape index (κ3) is 2.66. The van der Waals surface area contributed by atoms with Gasteiger partial charge in [0.2, 0.25) is 0 Å². The fraction of sp³-hybridized carbons (Fsp3) is 0.300. The molecule has 0 bridgehead atoms. The number of rotatable bonds is 3. The van der Waals surface area contributed by atoms with Crippen LogP contribution < -0.4 is 5.32 Å². The number of halogens is 1. The molecule has 0 atom stereocenters. The predicted octanol–water partition coefficient (Wildman–Crippen LogP) is 3.98. The highest BCUT2D eigenvalue weighted by Crippen LogP contribution is 2.29. The predicted molar refractivity (Wildman–Crippen MR) is 92.2 cm³/mol. The van der Waals surface area contributed by atoms with Crippen molar-refractivity contribution in [2.24, 2.45) is 0 Å². The van der Waals surface area contributed by atoms with Crippen LogP contribution in [0.4, 0.5) is 4.39 Å². The van der Waals surface area contributed by atoms with Crippen LogP contribution in [-0.2, 0) is 25.9 Å². The van der Waals surface area contributed by atoms with E-state index in [9.17, 15) is 4.39 Å². The third-order valence-electron chi connectivity index (χ3n) is 4.82. The smallest absolute Gasteiger partial charge is 0.123 e. The van der Waals surface area contributed by atoms with Gasteiger partial charge in [-0.25, -0.2) is 4.39 Å². The van der Waals surface area contributed by atoms with Crippen molar-refractivity contribution in [2.45, 2.75) is 32.9 Å². The quantitative estimate of drug-likeness (QED) is 0.774. The summed E-state index contributed by atoms with van der Waals surface area (Å²) in [6.45, 7) is 5.09. The Morgan fingerprint density at radius 2 is 1.96 bits per heavy atom. The molecule has 2 nitrogen and oxygen atoms in total. The number of nitrogens with one attached hydrogen (secondary N) is 1. The zero-order valence-corrected chi connectivity index (χ0v) is 13.4. The lowest BCUT2D eigenvalue weighted by atomic mass is 10.0. The Morgan fingerprint density at radius 1 is 1.13 bits per heavy atom. The molecule has 2 aromatic carbocycles. The Morgan fingerprint density at radius 3 is 2.78 bits per heavy atom. The lowest BCUT2D eigenvalue weighted by Crippen LogP contribution is -2.24. The maximum absolute atomic E-state index is 13.1. The molecule has 3 heteroatoms. The SMILES string of the molecule is Cc1ccc2c(c1)c1c(n2CCc2ccc(F)cc2)CCNC1. The second-order valence-electron chi connectivity index (χ2n) is 6.40. The van der Waals surface area contributed by atoms with Gasteiger partial charge >= 0.3 is 0 Å². The standard InChI is InChI=1S/C20H21FN2/c1-14-2-7-19-17(12-14)18-13-22-10-8-20(18)23(19)11-9-15-3-5-16(21)6-4-15/h2-7,12,22H,8-11,13H2,1H3. The average Bonchev–Trinajstić information content (AvgIpc) is 2.88. The van der Waals surface area contributed by atoms with Crippen molar-refractivity contribution < 1.29 is 4.39 Å². The molecule has 0 fully saturated rings. The van der Waals surface area contributed by atoms with Crippen molar-refractivity contribution in [2.75, 3.05) is 6.54 Å². The summed E-state index contributed by atoms with van der Waals surface area (Å²) in [7, 11) is 0. The molecular formula is C20H21FN2. The van der Waals surface area contributed by atoms with Gasteiger partial charge in [0.1, 0.15) is 5.82 Å². The van der Waals surface area contributed by atoms with Crippen LogP contribution in [0, 0.1) is 12.7 Å². The summed E-state index contributed by atoms with van der Waals surface area (Å²) in [6, 6.07) is 13.6. The molecule has 0 unspecified atom stereocenters. The average molecular weight is 308 g/mol. The van der Waals surface area contributed by atoms with Crippen LogP contribution in [0.3, 0.4) is 0 Å². The van der Waals surface area contributed by atoms with Crippen molar-refractivity contribution in [3.05, 3.63) is 70.7 Å². The molecule has 1 aliphatic heterocycles. The molecule has 1 aromatic heterocycles. The maximum Gasteiger partial charge on any atom is 0.123 e. The molecule has 2 heterocycles. The molecule has 0 aliphatic carbocycles. The molecular weight excluding hydrogens is 287 g/mol. The highest BCUT2D eigenvalue weighted by Gasteiger charge is 2.19. The normalized spacial score (nSPS) is 14.2. The topological polar surface area (TPSA) is 17.0 Å². The number of fused-ring (bicyclic) bond motifs is 3. The largest absolute Gasteiger partial charge is 0.344 e. The fourth-order valence-electron chi connectivity index (χ4n) is 3.64. The summed E-state index contributed by atoms with van der Waals surface area (Å²) in [6.07, 6.45) is 2.00. The Hall–Kier alpha value is -2.13. The summed E-state index contributed by atoms with van der Waals surface area (Å²) in [5.74, 6) is -0.168. The van der Waals surface area contributed by atoms with Crippen LogP contribution in [0.2, 0.25) is 0 Å². The molecule has 0 saturated heterocycles. The van der Waals surface area contributed by atoms with Crippen molar-refractivity contribution in [3.8, 4) is 0 Å². The Labute approximate surface area is 135 Å². The number of aromatic nitrogens is 1. The van der Waals surface area contributed by atoms with Gasteiger partial charge in [0.15, 0.2) is 0 Å². The van der Waals surface area contributed by atoms with Gasteiger partial charge in [-0.15, -0.1) is 0 Å². The second-order valence-corrected chi connectivity index (χ2v) is 6.40. The van der Waals surface area contributed by atoms with Gasteiger partial charge in [-0.3, -0.25) is 0 Å². The van der Waals surface area contributed by atoms with E-state index in [1.807, 2.05) is 12.1 Å². The molecule has 118 valence electrons. The minimum atomic E-state index is -0.168. The molecule has 3 aromatic rings. The van der Waals surface area contributed by atoms with E-state index < -0.39 is 0 Å². The van der Waals surface area contributed by atoms with E-state index in [-0.39, 0.29) is 5.82 Å². The highest BCUT2D eigenvalue weighted by molar-refractivity contribution is 5.86. The van der Waals surface area contributed by atoms with Crippen LogP contribution in [0.15, 0.2) is 42.5 Å². The monoisotopic (exact) mass is 308 g/mol. The van der Waals surface area contributed by atoms with Crippen LogP contribution in [0.5, 0.6) is 0 Å². The van der Waals surface area contributed by atoms with Crippen LogP contribution in [0.1, 0.15) is 22.4 Å². The maximum atomic E-state index is 13.1. The minimum absolute atomic E-state index is 0.168. The molecule has 0 saturated carbocycles. The van der Waals surface area contributed by atoms with E-state index in [2.05, 4.69) is 35.0 Å². The van der Waals surface area contributed by atoms with Crippen molar-refractivity contribution in [1.82, 2.24) is 9.88 Å². The van der Waals surface area contributed by atoms with Gasteiger partial charge in [-0.1, -0.05) is 23.8 Å². The van der Waals surface area contributed by atoms with Gasteiger partial charge < -0.3 is 9.88 Å². The number of nitrogens with zero attached hydrogens (tertiary/aromatic N) is 1. The fourth-order valence-corrected chi connectivity index (χ4v) is 3.64. The molecule has 1 aliphatic rings. The van der Waals surface area contributed by atoms with E-state index >= 15 is 0 Å². The van der Waals surface area contributed by atoms with Gasteiger partial charge in [0.05, 0.1) is 0 Å². The second kappa shape index (κ2) is 5.82. The number of aryl methyl sites for hydroxylation is 3. The molecule has 1 N–H and O–H groups in total. The van der Waals surface area contributed by atoms with E-state index in [1.165, 1.54) is 33.3 Å². The summed E-state index contributed by atoms with van der Waals surface area (Å²) >= 11 is 0. The van der Waals surface area contributed by atoms with E-state index in [1.54, 1.807) is 12.1 Å². The lowest BCUT2D eigenvalue weighted by Gasteiger charge is -2.17. The Bertz CT molecular complexity index is 846. The molecule has 4 rings (SSSR count). The van der Waals surface area contributed by atoms with Gasteiger partial charge in [0, 0.05) is 42.7 Å². The first-order valence-corrected chi connectivity index (χ1v) is 8.28. The number of hydrogen-bond acceptors (Lipinski definition) is 1. The zero-order chi connectivity index (χ0) is 15.8. The van der Waals surface area contributed by atoms with Crippen molar-refractivity contribution >= 4 is 10.9 Å². The van der Waals surface area contributed by atoms with Crippen LogP contribution >= 0.6 is 0 Å². The first-order valence-electron chi connectivity index (χ1n) is 8.28. The first kappa shape index (κ1) is 14.5. The first-order chi connectivity index (χ1) is 11.2. The Kier molecular flexibility index (Phi) is 3.66. The molecule has 0 radical (unpaired) electrons. The molecule has 0 spiro atoms. The van der Waals surface area contributed by atoms with Gasteiger partial charge in [-0.05, 0) is 48.7 Å². The third-order valence-corrected chi connectivity index (χ3v) is 4.82. The summed E-state index contributed by atoms with van der Waals surface area (Å²) < 4.78 is 15.5. The van der Waals surface area contributed by atoms with Crippen LogP contribution in [-0.4, -0.2) is 11.1 Å². The summed E-state index contributed by atoms with van der Waals surface area (Å²) in [5.41, 5.74) is 6.73.